The molecule has 0 saturated carbocycles. The van der Waals surface area contributed by atoms with Gasteiger partial charge in [-0.15, -0.1) is 0 Å². The van der Waals surface area contributed by atoms with Gasteiger partial charge in [-0.25, -0.2) is 4.39 Å². The molecule has 2 aromatic carbocycles. The minimum atomic E-state index is -0.207. The molecule has 0 radical (unpaired) electrons. The second-order valence-electron chi connectivity index (χ2n) is 4.64. The second kappa shape index (κ2) is 6.37. The molecule has 1 N–H and O–H groups in total. The number of hydrogen-bond acceptors (Lipinski definition) is 2. The molecule has 0 aromatic heterocycles. The van der Waals surface area contributed by atoms with Crippen LogP contribution < -0.4 is 10.1 Å². The first-order valence-corrected chi connectivity index (χ1v) is 7.13. The highest BCUT2D eigenvalue weighted by molar-refractivity contribution is 9.10. The van der Waals surface area contributed by atoms with Crippen LogP contribution in [-0.2, 0) is 0 Å². The maximum absolute atomic E-state index is 14.1. The van der Waals surface area contributed by atoms with E-state index in [1.165, 1.54) is 6.07 Å². The van der Waals surface area contributed by atoms with Crippen LogP contribution >= 0.6 is 15.9 Å². The fraction of sp³-hybridized carbons (Fsp3) is 0.250. The molecule has 20 heavy (non-hydrogen) atoms. The van der Waals surface area contributed by atoms with E-state index in [-0.39, 0.29) is 11.9 Å². The van der Waals surface area contributed by atoms with Crippen molar-refractivity contribution >= 4 is 15.9 Å². The highest BCUT2D eigenvalue weighted by Gasteiger charge is 2.17. The van der Waals surface area contributed by atoms with Crippen molar-refractivity contribution in [3.63, 3.8) is 0 Å². The number of benzene rings is 2. The van der Waals surface area contributed by atoms with Crippen LogP contribution in [0.1, 0.15) is 22.7 Å². The zero-order valence-corrected chi connectivity index (χ0v) is 13.3. The van der Waals surface area contributed by atoms with Gasteiger partial charge in [0.25, 0.3) is 0 Å². The molecule has 0 amide bonds. The average molecular weight is 338 g/mol. The number of nitrogens with one attached hydrogen (secondary N) is 1. The summed E-state index contributed by atoms with van der Waals surface area (Å²) >= 11 is 3.46. The fourth-order valence-corrected chi connectivity index (χ4v) is 2.81. The minimum Gasteiger partial charge on any atom is -0.496 e. The van der Waals surface area contributed by atoms with E-state index in [1.807, 2.05) is 38.2 Å². The van der Waals surface area contributed by atoms with E-state index in [1.54, 1.807) is 13.2 Å². The molecule has 0 aliphatic carbocycles. The Hall–Kier alpha value is -1.39. The van der Waals surface area contributed by atoms with E-state index in [2.05, 4.69) is 21.2 Å². The van der Waals surface area contributed by atoms with Crippen LogP contribution in [0.25, 0.3) is 0 Å². The van der Waals surface area contributed by atoms with E-state index in [4.69, 9.17) is 4.74 Å². The molecule has 0 spiro atoms. The van der Waals surface area contributed by atoms with Gasteiger partial charge in [0.15, 0.2) is 0 Å². The highest BCUT2D eigenvalue weighted by atomic mass is 79.9. The Bertz CT molecular complexity index is 615. The summed E-state index contributed by atoms with van der Waals surface area (Å²) in [5, 5.41) is 3.17. The topological polar surface area (TPSA) is 21.3 Å². The van der Waals surface area contributed by atoms with Crippen LogP contribution in [0.2, 0.25) is 0 Å². The molecule has 2 rings (SSSR count). The first kappa shape index (κ1) is 15.0. The van der Waals surface area contributed by atoms with Crippen LogP contribution in [-0.4, -0.2) is 14.2 Å². The lowest BCUT2D eigenvalue weighted by Crippen LogP contribution is -2.19. The summed E-state index contributed by atoms with van der Waals surface area (Å²) in [5.41, 5.74) is 2.66. The SMILES string of the molecule is CNC(c1ccc(OC)c(Br)c1)c1cc(C)ccc1F. The Morgan fingerprint density at radius 3 is 2.55 bits per heavy atom. The number of methoxy groups -OCH3 is 1. The van der Waals surface area contributed by atoms with E-state index in [0.717, 1.165) is 21.3 Å². The van der Waals surface area contributed by atoms with Crippen molar-refractivity contribution in [3.8, 4) is 5.75 Å². The standard InChI is InChI=1S/C16H17BrFNO/c1-10-4-6-14(18)12(8-10)16(19-2)11-5-7-15(20-3)13(17)9-11/h4-9,16,19H,1-3H3. The summed E-state index contributed by atoms with van der Waals surface area (Å²) in [4.78, 5) is 0. The maximum atomic E-state index is 14.1. The van der Waals surface area contributed by atoms with Crippen molar-refractivity contribution in [2.45, 2.75) is 13.0 Å². The monoisotopic (exact) mass is 337 g/mol. The lowest BCUT2D eigenvalue weighted by molar-refractivity contribution is 0.412. The first-order valence-electron chi connectivity index (χ1n) is 6.33. The average Bonchev–Trinajstić information content (AvgIpc) is 2.44. The van der Waals surface area contributed by atoms with Crippen molar-refractivity contribution in [2.75, 3.05) is 14.2 Å². The van der Waals surface area contributed by atoms with Gasteiger partial charge in [0.05, 0.1) is 17.6 Å². The summed E-state index contributed by atoms with van der Waals surface area (Å²) in [7, 11) is 3.44. The van der Waals surface area contributed by atoms with Gasteiger partial charge in [-0.2, -0.15) is 0 Å². The summed E-state index contributed by atoms with van der Waals surface area (Å²) in [5.74, 6) is 0.551. The van der Waals surface area contributed by atoms with Gasteiger partial charge in [-0.05, 0) is 53.7 Å². The molecule has 2 aromatic rings. The summed E-state index contributed by atoms with van der Waals surface area (Å²) < 4.78 is 20.1. The number of ether oxygens (including phenoxy) is 1. The summed E-state index contributed by atoms with van der Waals surface area (Å²) in [6.45, 7) is 1.96. The van der Waals surface area contributed by atoms with Crippen molar-refractivity contribution < 1.29 is 9.13 Å². The van der Waals surface area contributed by atoms with Crippen molar-refractivity contribution in [2.24, 2.45) is 0 Å². The zero-order chi connectivity index (χ0) is 14.7. The number of hydrogen-bond donors (Lipinski definition) is 1. The zero-order valence-electron chi connectivity index (χ0n) is 11.7. The Morgan fingerprint density at radius 1 is 1.20 bits per heavy atom. The molecule has 1 atom stereocenters. The number of halogens is 2. The molecule has 0 saturated heterocycles. The minimum absolute atomic E-state index is 0.197. The van der Waals surface area contributed by atoms with Crippen molar-refractivity contribution in [3.05, 3.63) is 63.4 Å². The van der Waals surface area contributed by atoms with Crippen LogP contribution in [0.3, 0.4) is 0 Å². The summed E-state index contributed by atoms with van der Waals surface area (Å²) in [6, 6.07) is 10.7. The van der Waals surface area contributed by atoms with E-state index in [9.17, 15) is 4.39 Å². The van der Waals surface area contributed by atoms with Gasteiger partial charge in [-0.3, -0.25) is 0 Å². The van der Waals surface area contributed by atoms with Gasteiger partial charge in [0, 0.05) is 5.56 Å². The Balaban J connectivity index is 2.46. The maximum Gasteiger partial charge on any atom is 0.133 e. The van der Waals surface area contributed by atoms with Crippen LogP contribution in [0.4, 0.5) is 4.39 Å². The normalized spacial score (nSPS) is 12.2. The molecular weight excluding hydrogens is 321 g/mol. The van der Waals surface area contributed by atoms with Gasteiger partial charge < -0.3 is 10.1 Å². The van der Waals surface area contributed by atoms with Crippen LogP contribution in [0.5, 0.6) is 5.75 Å². The molecule has 4 heteroatoms. The Morgan fingerprint density at radius 2 is 1.95 bits per heavy atom. The lowest BCUT2D eigenvalue weighted by atomic mass is 9.97. The van der Waals surface area contributed by atoms with Gasteiger partial charge in [0.1, 0.15) is 11.6 Å². The third kappa shape index (κ3) is 3.02. The van der Waals surface area contributed by atoms with Crippen molar-refractivity contribution in [1.29, 1.82) is 0 Å². The molecular formula is C16H17BrFNO. The third-order valence-electron chi connectivity index (χ3n) is 3.26. The molecule has 0 bridgehead atoms. The Kier molecular flexibility index (Phi) is 4.78. The molecule has 1 unspecified atom stereocenters. The highest BCUT2D eigenvalue weighted by Crippen LogP contribution is 2.31. The van der Waals surface area contributed by atoms with Crippen LogP contribution in [0, 0.1) is 12.7 Å². The van der Waals surface area contributed by atoms with Gasteiger partial charge in [0.2, 0.25) is 0 Å². The van der Waals surface area contributed by atoms with Crippen LogP contribution in [0.15, 0.2) is 40.9 Å². The predicted molar refractivity (Wildman–Crippen MR) is 82.7 cm³/mol. The second-order valence-corrected chi connectivity index (χ2v) is 5.49. The van der Waals surface area contributed by atoms with Crippen molar-refractivity contribution in [1.82, 2.24) is 5.32 Å². The first-order chi connectivity index (χ1) is 9.56. The number of rotatable bonds is 4. The molecule has 0 aliphatic rings. The summed E-state index contributed by atoms with van der Waals surface area (Å²) in [6.07, 6.45) is 0. The van der Waals surface area contributed by atoms with E-state index >= 15 is 0 Å². The third-order valence-corrected chi connectivity index (χ3v) is 3.88. The van der Waals surface area contributed by atoms with Gasteiger partial charge in [-0.1, -0.05) is 23.8 Å². The molecule has 0 aliphatic heterocycles. The predicted octanol–water partition coefficient (Wildman–Crippen LogP) is 4.21. The van der Waals surface area contributed by atoms with Gasteiger partial charge >= 0.3 is 0 Å². The smallest absolute Gasteiger partial charge is 0.133 e. The lowest BCUT2D eigenvalue weighted by Gasteiger charge is -2.19. The molecule has 106 valence electrons. The molecule has 0 heterocycles. The number of aryl methyl sites for hydroxylation is 1. The van der Waals surface area contributed by atoms with E-state index < -0.39 is 0 Å². The Labute approximate surface area is 127 Å². The molecule has 2 nitrogen and oxygen atoms in total. The van der Waals surface area contributed by atoms with E-state index in [0.29, 0.717) is 5.56 Å². The largest absolute Gasteiger partial charge is 0.496 e. The molecule has 0 fully saturated rings. The fourth-order valence-electron chi connectivity index (χ4n) is 2.25. The quantitative estimate of drug-likeness (QED) is 0.902.